The van der Waals surface area contributed by atoms with Crippen LogP contribution in [0.3, 0.4) is 0 Å². The lowest BCUT2D eigenvalue weighted by Crippen LogP contribution is -1.94. The maximum atomic E-state index is 8.58. The second-order valence-electron chi connectivity index (χ2n) is 2.86. The summed E-state index contributed by atoms with van der Waals surface area (Å²) in [4.78, 5) is 5.16. The van der Waals surface area contributed by atoms with Gasteiger partial charge in [0.05, 0.1) is 5.56 Å². The third-order valence-corrected chi connectivity index (χ3v) is 2.66. The summed E-state index contributed by atoms with van der Waals surface area (Å²) in [5.41, 5.74) is 0.540. The molecule has 0 spiro atoms. The molecule has 0 unspecified atom stereocenters. The predicted octanol–water partition coefficient (Wildman–Crippen LogP) is 2.59. The van der Waals surface area contributed by atoms with Gasteiger partial charge in [-0.15, -0.1) is 11.3 Å². The topological polar surface area (TPSA) is 45.9 Å². The van der Waals surface area contributed by atoms with Crippen molar-refractivity contribution in [2.75, 3.05) is 0 Å². The molecule has 4 heteroatoms. The quantitative estimate of drug-likeness (QED) is 0.792. The number of hydrogen-bond donors (Lipinski definition) is 0. The van der Waals surface area contributed by atoms with E-state index < -0.39 is 0 Å². The summed E-state index contributed by atoms with van der Waals surface area (Å²) in [6.07, 6.45) is 1.50. The monoisotopic (exact) mass is 216 g/mol. The molecule has 0 aliphatic heterocycles. The van der Waals surface area contributed by atoms with Gasteiger partial charge in [0, 0.05) is 17.1 Å². The molecule has 2 heterocycles. The minimum Gasteiger partial charge on any atom is -0.472 e. The van der Waals surface area contributed by atoms with E-state index in [1.54, 1.807) is 23.5 Å². The first kappa shape index (κ1) is 9.69. The van der Waals surface area contributed by atoms with Crippen LogP contribution in [0.15, 0.2) is 35.8 Å². The highest BCUT2D eigenvalue weighted by Gasteiger charge is 1.98. The van der Waals surface area contributed by atoms with Crippen LogP contribution in [0.1, 0.15) is 10.4 Å². The van der Waals surface area contributed by atoms with Crippen LogP contribution in [-0.4, -0.2) is 4.98 Å². The number of hydrogen-bond acceptors (Lipinski definition) is 4. The van der Waals surface area contributed by atoms with Crippen molar-refractivity contribution in [1.29, 1.82) is 5.26 Å². The number of aromatic nitrogens is 1. The van der Waals surface area contributed by atoms with E-state index in [0.717, 1.165) is 4.88 Å². The molecule has 0 bridgehead atoms. The fourth-order valence-electron chi connectivity index (χ4n) is 1.07. The van der Waals surface area contributed by atoms with Crippen LogP contribution >= 0.6 is 11.3 Å². The highest BCUT2D eigenvalue weighted by molar-refractivity contribution is 7.09. The van der Waals surface area contributed by atoms with Crippen LogP contribution in [0.25, 0.3) is 0 Å². The average Bonchev–Trinajstić information content (AvgIpc) is 2.80. The van der Waals surface area contributed by atoms with E-state index in [2.05, 4.69) is 4.98 Å². The van der Waals surface area contributed by atoms with Gasteiger partial charge in [-0.2, -0.15) is 5.26 Å². The third-order valence-electron chi connectivity index (χ3n) is 1.81. The van der Waals surface area contributed by atoms with Crippen molar-refractivity contribution in [3.05, 3.63) is 46.3 Å². The normalized spacial score (nSPS) is 9.53. The summed E-state index contributed by atoms with van der Waals surface area (Å²) >= 11 is 1.64. The first-order valence-electron chi connectivity index (χ1n) is 4.40. The molecule has 15 heavy (non-hydrogen) atoms. The molecule has 0 atom stereocenters. The molecule has 0 aliphatic rings. The zero-order valence-corrected chi connectivity index (χ0v) is 8.70. The number of nitriles is 1. The van der Waals surface area contributed by atoms with Crippen LogP contribution in [0, 0.1) is 11.3 Å². The highest BCUT2D eigenvalue weighted by atomic mass is 32.1. The summed E-state index contributed by atoms with van der Waals surface area (Å²) in [6, 6.07) is 9.39. The first-order chi connectivity index (χ1) is 7.38. The first-order valence-corrected chi connectivity index (χ1v) is 5.28. The molecule has 0 saturated heterocycles. The molecule has 2 aromatic heterocycles. The average molecular weight is 216 g/mol. The number of thiophene rings is 1. The van der Waals surface area contributed by atoms with E-state index in [9.17, 15) is 0 Å². The zero-order chi connectivity index (χ0) is 10.5. The number of ether oxygens (including phenoxy) is 1. The zero-order valence-electron chi connectivity index (χ0n) is 7.88. The lowest BCUT2D eigenvalue weighted by atomic mass is 10.3. The van der Waals surface area contributed by atoms with E-state index in [0.29, 0.717) is 18.1 Å². The van der Waals surface area contributed by atoms with Gasteiger partial charge in [0.15, 0.2) is 0 Å². The fraction of sp³-hybridized carbons (Fsp3) is 0.0909. The van der Waals surface area contributed by atoms with Gasteiger partial charge in [-0.25, -0.2) is 4.98 Å². The van der Waals surface area contributed by atoms with Crippen LogP contribution in [0.2, 0.25) is 0 Å². The molecule has 0 fully saturated rings. The smallest absolute Gasteiger partial charge is 0.213 e. The van der Waals surface area contributed by atoms with Crippen molar-refractivity contribution >= 4 is 11.3 Å². The van der Waals surface area contributed by atoms with Gasteiger partial charge < -0.3 is 4.74 Å². The Labute approximate surface area is 91.6 Å². The van der Waals surface area contributed by atoms with Gasteiger partial charge >= 0.3 is 0 Å². The van der Waals surface area contributed by atoms with Crippen molar-refractivity contribution in [2.45, 2.75) is 6.61 Å². The molecule has 3 nitrogen and oxygen atoms in total. The van der Waals surface area contributed by atoms with E-state index >= 15 is 0 Å². The Bertz CT molecular complexity index is 456. The number of pyridine rings is 1. The predicted molar refractivity (Wildman–Crippen MR) is 57.6 cm³/mol. The fourth-order valence-corrected chi connectivity index (χ4v) is 1.69. The number of nitrogens with zero attached hydrogens (tertiary/aromatic N) is 2. The Kier molecular flexibility index (Phi) is 2.96. The Balaban J connectivity index is 1.97. The van der Waals surface area contributed by atoms with Crippen molar-refractivity contribution in [3.63, 3.8) is 0 Å². The molecule has 0 aromatic carbocycles. The van der Waals surface area contributed by atoms with Crippen molar-refractivity contribution < 1.29 is 4.74 Å². The molecule has 0 amide bonds. The largest absolute Gasteiger partial charge is 0.472 e. The Morgan fingerprint density at radius 2 is 2.33 bits per heavy atom. The SMILES string of the molecule is N#Cc1ccc(OCc2cccs2)nc1. The van der Waals surface area contributed by atoms with E-state index in [-0.39, 0.29) is 0 Å². The molecule has 0 radical (unpaired) electrons. The van der Waals surface area contributed by atoms with Gasteiger partial charge in [0.1, 0.15) is 12.7 Å². The van der Waals surface area contributed by atoms with Gasteiger partial charge in [-0.1, -0.05) is 6.07 Å². The van der Waals surface area contributed by atoms with E-state index in [1.807, 2.05) is 23.6 Å². The minimum atomic E-state index is 0.524. The van der Waals surface area contributed by atoms with Gasteiger partial charge in [0.25, 0.3) is 0 Å². The van der Waals surface area contributed by atoms with Crippen LogP contribution in [-0.2, 0) is 6.61 Å². The maximum absolute atomic E-state index is 8.58. The molecule has 0 saturated carbocycles. The van der Waals surface area contributed by atoms with Crippen molar-refractivity contribution in [1.82, 2.24) is 4.98 Å². The Morgan fingerprint density at radius 1 is 1.40 bits per heavy atom. The maximum Gasteiger partial charge on any atom is 0.213 e. The molecule has 0 N–H and O–H groups in total. The van der Waals surface area contributed by atoms with Crippen LogP contribution in [0.5, 0.6) is 5.88 Å². The summed E-state index contributed by atoms with van der Waals surface area (Å²) < 4.78 is 5.44. The standard InChI is InChI=1S/C11H8N2OS/c12-6-9-3-4-11(13-7-9)14-8-10-2-1-5-15-10/h1-5,7H,8H2. The van der Waals surface area contributed by atoms with Crippen LogP contribution in [0.4, 0.5) is 0 Å². The summed E-state index contributed by atoms with van der Waals surface area (Å²) in [5.74, 6) is 0.544. The molecular formula is C11H8N2OS. The lowest BCUT2D eigenvalue weighted by molar-refractivity contribution is 0.297. The molecule has 0 aliphatic carbocycles. The van der Waals surface area contributed by atoms with Gasteiger partial charge in [-0.3, -0.25) is 0 Å². The summed E-state index contributed by atoms with van der Waals surface area (Å²) in [7, 11) is 0. The van der Waals surface area contributed by atoms with Crippen molar-refractivity contribution in [2.24, 2.45) is 0 Å². The molecular weight excluding hydrogens is 208 g/mol. The van der Waals surface area contributed by atoms with E-state index in [4.69, 9.17) is 10.00 Å². The highest BCUT2D eigenvalue weighted by Crippen LogP contribution is 2.13. The summed E-state index contributed by atoms with van der Waals surface area (Å²) in [6.45, 7) is 0.524. The molecule has 74 valence electrons. The van der Waals surface area contributed by atoms with Gasteiger partial charge in [-0.05, 0) is 17.5 Å². The Morgan fingerprint density at radius 3 is 2.93 bits per heavy atom. The second kappa shape index (κ2) is 4.58. The van der Waals surface area contributed by atoms with E-state index in [1.165, 1.54) is 6.20 Å². The van der Waals surface area contributed by atoms with Gasteiger partial charge in [0.2, 0.25) is 5.88 Å². The van der Waals surface area contributed by atoms with Crippen LogP contribution < -0.4 is 4.74 Å². The molecule has 2 aromatic rings. The number of rotatable bonds is 3. The molecule has 2 rings (SSSR count). The minimum absolute atomic E-state index is 0.524. The third kappa shape index (κ3) is 2.55. The Hall–Kier alpha value is -1.86. The summed E-state index contributed by atoms with van der Waals surface area (Å²) in [5, 5.41) is 10.6. The second-order valence-corrected chi connectivity index (χ2v) is 3.90. The lowest BCUT2D eigenvalue weighted by Gasteiger charge is -2.02. The van der Waals surface area contributed by atoms with Crippen molar-refractivity contribution in [3.8, 4) is 11.9 Å².